The molecule has 3 heteroatoms. The molecule has 0 aliphatic heterocycles. The molecule has 120 valence electrons. The minimum atomic E-state index is -0.606. The van der Waals surface area contributed by atoms with E-state index in [1.165, 1.54) is 50.4 Å². The van der Waals surface area contributed by atoms with Gasteiger partial charge in [-0.2, -0.15) is 4.39 Å². The molecule has 0 aromatic heterocycles. The normalized spacial score (nSPS) is 23.5. The second kappa shape index (κ2) is 8.11. The van der Waals surface area contributed by atoms with Gasteiger partial charge in [0.2, 0.25) is 0 Å². The standard InChI is InChI=1S/C19H25F2N/c1-14-3-5-15(6-4-14)16-7-9-17(10-8-16)18(11-12-20)13-19(21)22-2/h7-11,13-15,22H,3-6,12H2,1-2H3/b18-11+,19-13-. The van der Waals surface area contributed by atoms with E-state index < -0.39 is 12.6 Å². The van der Waals surface area contributed by atoms with Crippen LogP contribution < -0.4 is 5.32 Å². The SMILES string of the molecule is CN/C(F)=C\C(=C/CF)c1ccc(C2CCC(C)CC2)cc1. The van der Waals surface area contributed by atoms with Gasteiger partial charge in [-0.05, 0) is 53.5 Å². The monoisotopic (exact) mass is 305 g/mol. The molecule has 0 radical (unpaired) electrons. The number of halogens is 2. The Morgan fingerprint density at radius 3 is 2.36 bits per heavy atom. The third kappa shape index (κ3) is 4.43. The van der Waals surface area contributed by atoms with Crippen LogP contribution in [0.15, 0.2) is 42.4 Å². The highest BCUT2D eigenvalue weighted by Crippen LogP contribution is 2.35. The molecule has 0 bridgehead atoms. The topological polar surface area (TPSA) is 12.0 Å². The summed E-state index contributed by atoms with van der Waals surface area (Å²) in [4.78, 5) is 0. The van der Waals surface area contributed by atoms with Crippen LogP contribution in [0.1, 0.15) is 49.7 Å². The largest absolute Gasteiger partial charge is 0.365 e. The number of benzene rings is 1. The molecule has 2 rings (SSSR count). The van der Waals surface area contributed by atoms with Crippen molar-refractivity contribution in [3.63, 3.8) is 0 Å². The van der Waals surface area contributed by atoms with E-state index in [1.807, 2.05) is 12.1 Å². The molecule has 1 aromatic carbocycles. The lowest BCUT2D eigenvalue weighted by molar-refractivity contribution is 0.348. The molecule has 0 saturated heterocycles. The first-order valence-electron chi connectivity index (χ1n) is 8.05. The maximum atomic E-state index is 13.4. The third-order valence-electron chi connectivity index (χ3n) is 4.55. The van der Waals surface area contributed by atoms with Crippen LogP contribution in [0.3, 0.4) is 0 Å². The Morgan fingerprint density at radius 1 is 1.18 bits per heavy atom. The van der Waals surface area contributed by atoms with Crippen LogP contribution >= 0.6 is 0 Å². The second-order valence-electron chi connectivity index (χ2n) is 6.13. The first-order valence-corrected chi connectivity index (χ1v) is 8.05. The molecule has 0 atom stereocenters. The second-order valence-corrected chi connectivity index (χ2v) is 6.13. The number of hydrogen-bond acceptors (Lipinski definition) is 1. The van der Waals surface area contributed by atoms with Gasteiger partial charge in [-0.3, -0.25) is 0 Å². The summed E-state index contributed by atoms with van der Waals surface area (Å²) in [6.07, 6.45) is 7.78. The third-order valence-corrected chi connectivity index (χ3v) is 4.55. The van der Waals surface area contributed by atoms with Crippen LogP contribution in [0.4, 0.5) is 8.78 Å². The molecule has 1 aliphatic carbocycles. The molecule has 0 unspecified atom stereocenters. The van der Waals surface area contributed by atoms with Crippen molar-refractivity contribution in [2.24, 2.45) is 5.92 Å². The predicted octanol–water partition coefficient (Wildman–Crippen LogP) is 5.36. The summed E-state index contributed by atoms with van der Waals surface area (Å²) < 4.78 is 26.0. The van der Waals surface area contributed by atoms with Crippen molar-refractivity contribution in [1.82, 2.24) is 5.32 Å². The minimum Gasteiger partial charge on any atom is -0.365 e. The lowest BCUT2D eigenvalue weighted by Crippen LogP contribution is -2.10. The maximum Gasteiger partial charge on any atom is 0.187 e. The summed E-state index contributed by atoms with van der Waals surface area (Å²) in [6, 6.07) is 8.14. The molecule has 22 heavy (non-hydrogen) atoms. The van der Waals surface area contributed by atoms with Crippen LogP contribution in [-0.2, 0) is 0 Å². The minimum absolute atomic E-state index is 0.468. The number of rotatable bonds is 5. The highest BCUT2D eigenvalue weighted by Gasteiger charge is 2.19. The van der Waals surface area contributed by atoms with Crippen LogP contribution in [0.25, 0.3) is 5.57 Å². The smallest absolute Gasteiger partial charge is 0.187 e. The van der Waals surface area contributed by atoms with Crippen LogP contribution in [0.2, 0.25) is 0 Å². The molecule has 1 aliphatic rings. The molecular formula is C19H25F2N. The molecule has 0 amide bonds. The van der Waals surface area contributed by atoms with Crippen molar-refractivity contribution in [2.75, 3.05) is 13.7 Å². The summed E-state index contributed by atoms with van der Waals surface area (Å²) in [6.45, 7) is 1.71. The van der Waals surface area contributed by atoms with E-state index in [2.05, 4.69) is 24.4 Å². The molecular weight excluding hydrogens is 280 g/mol. The molecule has 1 nitrogen and oxygen atoms in total. The molecule has 1 saturated carbocycles. The van der Waals surface area contributed by atoms with Gasteiger partial charge in [-0.1, -0.05) is 44.0 Å². The molecule has 1 N–H and O–H groups in total. The highest BCUT2D eigenvalue weighted by molar-refractivity contribution is 5.74. The van der Waals surface area contributed by atoms with Gasteiger partial charge in [0.05, 0.1) is 0 Å². The lowest BCUT2D eigenvalue weighted by atomic mass is 9.79. The van der Waals surface area contributed by atoms with E-state index in [-0.39, 0.29) is 0 Å². The van der Waals surface area contributed by atoms with Gasteiger partial charge < -0.3 is 5.32 Å². The van der Waals surface area contributed by atoms with Gasteiger partial charge in [0.15, 0.2) is 5.95 Å². The van der Waals surface area contributed by atoms with Crippen LogP contribution in [-0.4, -0.2) is 13.7 Å². The number of alkyl halides is 1. The average Bonchev–Trinajstić information content (AvgIpc) is 2.55. The Bertz CT molecular complexity index is 523. The van der Waals surface area contributed by atoms with Gasteiger partial charge in [0, 0.05) is 7.05 Å². The van der Waals surface area contributed by atoms with Crippen molar-refractivity contribution in [3.8, 4) is 0 Å². The number of nitrogens with one attached hydrogen (secondary N) is 1. The number of allylic oxidation sites excluding steroid dienone is 3. The van der Waals surface area contributed by atoms with Gasteiger partial charge in [-0.15, -0.1) is 0 Å². The van der Waals surface area contributed by atoms with Gasteiger partial charge in [0.25, 0.3) is 0 Å². The highest BCUT2D eigenvalue weighted by atomic mass is 19.1. The van der Waals surface area contributed by atoms with Gasteiger partial charge >= 0.3 is 0 Å². The van der Waals surface area contributed by atoms with E-state index >= 15 is 0 Å². The fourth-order valence-electron chi connectivity index (χ4n) is 3.09. The van der Waals surface area contributed by atoms with Gasteiger partial charge in [0.1, 0.15) is 6.67 Å². The van der Waals surface area contributed by atoms with E-state index in [9.17, 15) is 8.78 Å². The van der Waals surface area contributed by atoms with Crippen molar-refractivity contribution >= 4 is 5.57 Å². The van der Waals surface area contributed by atoms with Crippen LogP contribution in [0.5, 0.6) is 0 Å². The summed E-state index contributed by atoms with van der Waals surface area (Å²) in [5.74, 6) is 0.998. The average molecular weight is 305 g/mol. The van der Waals surface area contributed by atoms with Crippen LogP contribution in [0, 0.1) is 5.92 Å². The zero-order valence-electron chi connectivity index (χ0n) is 13.4. The van der Waals surface area contributed by atoms with Crippen molar-refractivity contribution in [3.05, 3.63) is 53.5 Å². The summed E-state index contributed by atoms with van der Waals surface area (Å²) in [7, 11) is 1.51. The van der Waals surface area contributed by atoms with E-state index in [0.717, 1.165) is 11.5 Å². The molecule has 0 spiro atoms. The Hall–Kier alpha value is -1.64. The van der Waals surface area contributed by atoms with Crippen molar-refractivity contribution < 1.29 is 8.78 Å². The van der Waals surface area contributed by atoms with E-state index in [1.54, 1.807) is 0 Å². The van der Waals surface area contributed by atoms with E-state index in [4.69, 9.17) is 0 Å². The van der Waals surface area contributed by atoms with E-state index in [0.29, 0.717) is 11.5 Å². The predicted molar refractivity (Wildman–Crippen MR) is 89.0 cm³/mol. The Balaban J connectivity index is 2.14. The van der Waals surface area contributed by atoms with Crippen molar-refractivity contribution in [1.29, 1.82) is 0 Å². The fourth-order valence-corrected chi connectivity index (χ4v) is 3.09. The maximum absolute atomic E-state index is 13.4. The zero-order valence-corrected chi connectivity index (χ0v) is 13.4. The summed E-state index contributed by atoms with van der Waals surface area (Å²) in [5, 5.41) is 2.42. The Labute approximate surface area is 132 Å². The quantitative estimate of drug-likeness (QED) is 0.570. The van der Waals surface area contributed by atoms with Crippen molar-refractivity contribution in [2.45, 2.75) is 38.5 Å². The fraction of sp³-hybridized carbons (Fsp3) is 0.474. The summed E-state index contributed by atoms with van der Waals surface area (Å²) in [5.41, 5.74) is 2.75. The zero-order chi connectivity index (χ0) is 15.9. The molecule has 1 fully saturated rings. The van der Waals surface area contributed by atoms with Gasteiger partial charge in [-0.25, -0.2) is 4.39 Å². The Kier molecular flexibility index (Phi) is 6.17. The molecule has 1 aromatic rings. The lowest BCUT2D eigenvalue weighted by Gasteiger charge is -2.26. The number of hydrogen-bond donors (Lipinski definition) is 1. The first-order chi connectivity index (χ1) is 10.6. The Morgan fingerprint density at radius 2 is 1.82 bits per heavy atom. The first kappa shape index (κ1) is 16.7. The summed E-state index contributed by atoms with van der Waals surface area (Å²) >= 11 is 0. The molecule has 0 heterocycles.